The molecule has 5 nitrogen and oxygen atoms in total. The molecule has 1 atom stereocenters. The molecule has 0 spiro atoms. The smallest absolute Gasteiger partial charge is 0.226 e. The lowest BCUT2D eigenvalue weighted by Gasteiger charge is -2.41. The Morgan fingerprint density at radius 1 is 1.26 bits per heavy atom. The summed E-state index contributed by atoms with van der Waals surface area (Å²) in [6.45, 7) is 3.00. The Labute approximate surface area is 115 Å². The van der Waals surface area contributed by atoms with Crippen LogP contribution < -0.4 is 5.32 Å². The Morgan fingerprint density at radius 2 is 1.95 bits per heavy atom. The van der Waals surface area contributed by atoms with Gasteiger partial charge >= 0.3 is 0 Å². The first-order chi connectivity index (χ1) is 9.11. The minimum atomic E-state index is -0.103. The van der Waals surface area contributed by atoms with E-state index in [0.29, 0.717) is 12.5 Å². The van der Waals surface area contributed by atoms with E-state index in [2.05, 4.69) is 17.3 Å². The molecule has 5 heteroatoms. The predicted octanol–water partition coefficient (Wildman–Crippen LogP) is 0.455. The number of amides is 2. The molecule has 0 aromatic rings. The first kappa shape index (κ1) is 14.3. The maximum Gasteiger partial charge on any atom is 0.226 e. The van der Waals surface area contributed by atoms with Gasteiger partial charge in [0.05, 0.1) is 0 Å². The van der Waals surface area contributed by atoms with Crippen LogP contribution in [0, 0.1) is 5.92 Å². The van der Waals surface area contributed by atoms with Crippen molar-refractivity contribution in [1.29, 1.82) is 0 Å². The number of rotatable bonds is 3. The summed E-state index contributed by atoms with van der Waals surface area (Å²) >= 11 is 0. The van der Waals surface area contributed by atoms with Gasteiger partial charge in [-0.05, 0) is 45.8 Å². The second kappa shape index (κ2) is 6.37. The molecule has 2 heterocycles. The van der Waals surface area contributed by atoms with Crippen molar-refractivity contribution in [3.05, 3.63) is 0 Å². The molecular formula is C14H25N3O2. The lowest BCUT2D eigenvalue weighted by Crippen LogP contribution is -2.51. The van der Waals surface area contributed by atoms with Crippen LogP contribution in [0.2, 0.25) is 0 Å². The average molecular weight is 267 g/mol. The number of nitrogens with zero attached hydrogens (tertiary/aromatic N) is 2. The van der Waals surface area contributed by atoms with E-state index in [1.165, 1.54) is 0 Å². The molecule has 0 saturated carbocycles. The van der Waals surface area contributed by atoms with Gasteiger partial charge in [0.2, 0.25) is 11.8 Å². The fourth-order valence-electron chi connectivity index (χ4n) is 3.16. The van der Waals surface area contributed by atoms with Crippen molar-refractivity contribution in [1.82, 2.24) is 15.1 Å². The highest BCUT2D eigenvalue weighted by Crippen LogP contribution is 2.26. The Bertz CT molecular complexity index is 338. The van der Waals surface area contributed by atoms with E-state index in [1.54, 1.807) is 7.05 Å². The van der Waals surface area contributed by atoms with Crippen LogP contribution in [0.1, 0.15) is 32.1 Å². The molecule has 1 unspecified atom stereocenters. The van der Waals surface area contributed by atoms with Gasteiger partial charge in [0.1, 0.15) is 0 Å². The van der Waals surface area contributed by atoms with Crippen LogP contribution in [0.15, 0.2) is 0 Å². The van der Waals surface area contributed by atoms with Gasteiger partial charge in [0.25, 0.3) is 0 Å². The normalized spacial score (nSPS) is 26.5. The van der Waals surface area contributed by atoms with Crippen LogP contribution in [0.25, 0.3) is 0 Å². The quantitative estimate of drug-likeness (QED) is 0.808. The largest absolute Gasteiger partial charge is 0.359 e. The number of carbonyl (C=O) groups is 2. The number of hydrogen-bond acceptors (Lipinski definition) is 3. The summed E-state index contributed by atoms with van der Waals surface area (Å²) in [7, 11) is 3.76. The SMILES string of the molecule is CNC(=O)CC1CCCN(C2CCN(C)CC2)C1=O. The van der Waals surface area contributed by atoms with Crippen molar-refractivity contribution in [3.8, 4) is 0 Å². The molecule has 2 saturated heterocycles. The summed E-state index contributed by atoms with van der Waals surface area (Å²) in [4.78, 5) is 28.3. The van der Waals surface area contributed by atoms with Crippen LogP contribution >= 0.6 is 0 Å². The average Bonchev–Trinajstić information content (AvgIpc) is 2.42. The van der Waals surface area contributed by atoms with Gasteiger partial charge < -0.3 is 15.1 Å². The fourth-order valence-corrected chi connectivity index (χ4v) is 3.16. The van der Waals surface area contributed by atoms with Gasteiger partial charge in [0.15, 0.2) is 0 Å². The highest BCUT2D eigenvalue weighted by Gasteiger charge is 2.34. The van der Waals surface area contributed by atoms with E-state index < -0.39 is 0 Å². The van der Waals surface area contributed by atoms with Crippen molar-refractivity contribution in [2.45, 2.75) is 38.1 Å². The Morgan fingerprint density at radius 3 is 2.58 bits per heavy atom. The maximum atomic E-state index is 12.5. The molecule has 2 aliphatic heterocycles. The molecule has 2 amide bonds. The zero-order chi connectivity index (χ0) is 13.8. The summed E-state index contributed by atoms with van der Waals surface area (Å²) in [5, 5.41) is 2.62. The highest BCUT2D eigenvalue weighted by atomic mass is 16.2. The van der Waals surface area contributed by atoms with E-state index in [4.69, 9.17) is 0 Å². The second-order valence-electron chi connectivity index (χ2n) is 5.78. The van der Waals surface area contributed by atoms with E-state index >= 15 is 0 Å². The molecule has 0 bridgehead atoms. The molecule has 0 aromatic heterocycles. The summed E-state index contributed by atoms with van der Waals surface area (Å²) in [6, 6.07) is 0.385. The third kappa shape index (κ3) is 3.47. The summed E-state index contributed by atoms with van der Waals surface area (Å²) in [5.41, 5.74) is 0. The first-order valence-electron chi connectivity index (χ1n) is 7.31. The topological polar surface area (TPSA) is 52.7 Å². The van der Waals surface area contributed by atoms with Gasteiger partial charge in [-0.25, -0.2) is 0 Å². The molecule has 0 aromatic carbocycles. The number of likely N-dealkylation sites (tertiary alicyclic amines) is 2. The van der Waals surface area contributed by atoms with Crippen molar-refractivity contribution in [3.63, 3.8) is 0 Å². The summed E-state index contributed by atoms with van der Waals surface area (Å²) in [6.07, 6.45) is 4.36. The Balaban J connectivity index is 1.94. The van der Waals surface area contributed by atoms with Crippen LogP contribution in [0.3, 0.4) is 0 Å². The summed E-state index contributed by atoms with van der Waals surface area (Å²) in [5.74, 6) is 0.0707. The minimum Gasteiger partial charge on any atom is -0.359 e. The van der Waals surface area contributed by atoms with Crippen molar-refractivity contribution in [2.24, 2.45) is 5.92 Å². The van der Waals surface area contributed by atoms with E-state index in [0.717, 1.165) is 45.3 Å². The van der Waals surface area contributed by atoms with Crippen LogP contribution in [0.5, 0.6) is 0 Å². The lowest BCUT2D eigenvalue weighted by atomic mass is 9.90. The predicted molar refractivity (Wildman–Crippen MR) is 73.6 cm³/mol. The molecule has 2 fully saturated rings. The van der Waals surface area contributed by atoms with E-state index in [1.807, 2.05) is 4.90 Å². The molecular weight excluding hydrogens is 242 g/mol. The third-order valence-corrected chi connectivity index (χ3v) is 4.42. The van der Waals surface area contributed by atoms with Gasteiger partial charge in [-0.15, -0.1) is 0 Å². The standard InChI is InChI=1S/C14H25N3O2/c1-15-13(18)10-11-4-3-7-17(14(11)19)12-5-8-16(2)9-6-12/h11-12H,3-10H2,1-2H3,(H,15,18). The minimum absolute atomic E-state index is 0.0245. The van der Waals surface area contributed by atoms with Crippen LogP contribution in [-0.4, -0.2) is 61.4 Å². The second-order valence-corrected chi connectivity index (χ2v) is 5.78. The number of hydrogen-bond donors (Lipinski definition) is 1. The molecule has 0 radical (unpaired) electrons. The Kier molecular flexibility index (Phi) is 4.80. The zero-order valence-electron chi connectivity index (χ0n) is 12.0. The summed E-state index contributed by atoms with van der Waals surface area (Å²) < 4.78 is 0. The van der Waals surface area contributed by atoms with Gasteiger partial charge in [-0.3, -0.25) is 9.59 Å². The van der Waals surface area contributed by atoms with E-state index in [9.17, 15) is 9.59 Å². The number of piperidine rings is 2. The fraction of sp³-hybridized carbons (Fsp3) is 0.857. The van der Waals surface area contributed by atoms with E-state index in [-0.39, 0.29) is 17.7 Å². The molecule has 19 heavy (non-hydrogen) atoms. The van der Waals surface area contributed by atoms with Crippen molar-refractivity contribution >= 4 is 11.8 Å². The third-order valence-electron chi connectivity index (χ3n) is 4.42. The Hall–Kier alpha value is -1.10. The zero-order valence-corrected chi connectivity index (χ0v) is 12.0. The van der Waals surface area contributed by atoms with Crippen molar-refractivity contribution < 1.29 is 9.59 Å². The molecule has 2 rings (SSSR count). The monoisotopic (exact) mass is 267 g/mol. The first-order valence-corrected chi connectivity index (χ1v) is 7.31. The highest BCUT2D eigenvalue weighted by molar-refractivity contribution is 5.86. The number of carbonyl (C=O) groups excluding carboxylic acids is 2. The van der Waals surface area contributed by atoms with Crippen LogP contribution in [-0.2, 0) is 9.59 Å². The number of nitrogens with one attached hydrogen (secondary N) is 1. The molecule has 0 aliphatic carbocycles. The molecule has 108 valence electrons. The maximum absolute atomic E-state index is 12.5. The van der Waals surface area contributed by atoms with Crippen molar-refractivity contribution in [2.75, 3.05) is 33.7 Å². The molecule has 2 aliphatic rings. The lowest BCUT2D eigenvalue weighted by molar-refractivity contribution is -0.144. The van der Waals surface area contributed by atoms with Gasteiger partial charge in [-0.2, -0.15) is 0 Å². The molecule has 1 N–H and O–H groups in total. The van der Waals surface area contributed by atoms with Crippen LogP contribution in [0.4, 0.5) is 0 Å². The van der Waals surface area contributed by atoms with Gasteiger partial charge in [0, 0.05) is 32.0 Å². The van der Waals surface area contributed by atoms with Gasteiger partial charge in [-0.1, -0.05) is 0 Å².